The maximum absolute atomic E-state index is 5.90. The van der Waals surface area contributed by atoms with Gasteiger partial charge in [-0.25, -0.2) is 0 Å². The van der Waals surface area contributed by atoms with Gasteiger partial charge in [0.2, 0.25) is 0 Å². The SMILES string of the molecule is CCOC(Cc1ccc(C)c(C)c1)c1ccccc1. The van der Waals surface area contributed by atoms with Crippen LogP contribution in [0.3, 0.4) is 0 Å². The van der Waals surface area contributed by atoms with Crippen molar-refractivity contribution in [2.75, 3.05) is 6.61 Å². The summed E-state index contributed by atoms with van der Waals surface area (Å²) in [6, 6.07) is 17.1. The fraction of sp³-hybridized carbons (Fsp3) is 0.333. The van der Waals surface area contributed by atoms with Crippen LogP contribution in [0.4, 0.5) is 0 Å². The maximum atomic E-state index is 5.90. The first-order valence-electron chi connectivity index (χ1n) is 6.93. The normalized spacial score (nSPS) is 12.4. The van der Waals surface area contributed by atoms with E-state index in [1.807, 2.05) is 6.07 Å². The zero-order chi connectivity index (χ0) is 13.7. The number of aryl methyl sites for hydroxylation is 2. The molecule has 2 rings (SSSR count). The molecule has 0 aliphatic carbocycles. The molecule has 0 saturated carbocycles. The molecule has 0 amide bonds. The summed E-state index contributed by atoms with van der Waals surface area (Å²) in [5, 5.41) is 0. The summed E-state index contributed by atoms with van der Waals surface area (Å²) in [7, 11) is 0. The Balaban J connectivity index is 2.19. The summed E-state index contributed by atoms with van der Waals surface area (Å²) >= 11 is 0. The van der Waals surface area contributed by atoms with Gasteiger partial charge in [0.05, 0.1) is 6.10 Å². The lowest BCUT2D eigenvalue weighted by molar-refractivity contribution is 0.0628. The number of hydrogen-bond donors (Lipinski definition) is 0. The molecule has 100 valence electrons. The molecule has 0 heterocycles. The summed E-state index contributed by atoms with van der Waals surface area (Å²) < 4.78 is 5.90. The molecule has 0 saturated heterocycles. The van der Waals surface area contributed by atoms with E-state index in [-0.39, 0.29) is 6.10 Å². The molecular formula is C18H22O. The van der Waals surface area contributed by atoms with Crippen LogP contribution in [0.2, 0.25) is 0 Å². The quantitative estimate of drug-likeness (QED) is 0.756. The molecule has 2 aromatic rings. The lowest BCUT2D eigenvalue weighted by Crippen LogP contribution is -2.08. The summed E-state index contributed by atoms with van der Waals surface area (Å²) in [6.45, 7) is 7.11. The van der Waals surface area contributed by atoms with Crippen molar-refractivity contribution in [1.29, 1.82) is 0 Å². The zero-order valence-corrected chi connectivity index (χ0v) is 12.0. The second-order valence-electron chi connectivity index (χ2n) is 4.98. The van der Waals surface area contributed by atoms with Gasteiger partial charge in [0, 0.05) is 13.0 Å². The van der Waals surface area contributed by atoms with Gasteiger partial charge in [0.15, 0.2) is 0 Å². The van der Waals surface area contributed by atoms with E-state index < -0.39 is 0 Å². The molecule has 0 spiro atoms. The first-order chi connectivity index (χ1) is 9.20. The van der Waals surface area contributed by atoms with Gasteiger partial charge in [0.25, 0.3) is 0 Å². The van der Waals surface area contributed by atoms with Gasteiger partial charge >= 0.3 is 0 Å². The van der Waals surface area contributed by atoms with Gasteiger partial charge in [0.1, 0.15) is 0 Å². The van der Waals surface area contributed by atoms with Crippen LogP contribution >= 0.6 is 0 Å². The predicted molar refractivity (Wildman–Crippen MR) is 80.4 cm³/mol. The Morgan fingerprint density at radius 2 is 1.68 bits per heavy atom. The van der Waals surface area contributed by atoms with Crippen molar-refractivity contribution in [1.82, 2.24) is 0 Å². The van der Waals surface area contributed by atoms with Crippen molar-refractivity contribution in [2.45, 2.75) is 33.3 Å². The highest BCUT2D eigenvalue weighted by Crippen LogP contribution is 2.23. The molecule has 0 bridgehead atoms. The minimum Gasteiger partial charge on any atom is -0.373 e. The lowest BCUT2D eigenvalue weighted by atomic mass is 9.98. The molecule has 0 aliphatic rings. The van der Waals surface area contributed by atoms with Gasteiger partial charge in [-0.3, -0.25) is 0 Å². The zero-order valence-electron chi connectivity index (χ0n) is 12.0. The Bertz CT molecular complexity index is 516. The van der Waals surface area contributed by atoms with Crippen LogP contribution in [0.25, 0.3) is 0 Å². The Morgan fingerprint density at radius 3 is 2.32 bits per heavy atom. The minimum absolute atomic E-state index is 0.147. The van der Waals surface area contributed by atoms with Crippen LogP contribution in [0.5, 0.6) is 0 Å². The largest absolute Gasteiger partial charge is 0.373 e. The van der Waals surface area contributed by atoms with E-state index >= 15 is 0 Å². The van der Waals surface area contributed by atoms with Gasteiger partial charge in [-0.15, -0.1) is 0 Å². The third kappa shape index (κ3) is 3.68. The second kappa shape index (κ2) is 6.53. The van der Waals surface area contributed by atoms with E-state index in [2.05, 4.69) is 63.2 Å². The summed E-state index contributed by atoms with van der Waals surface area (Å²) in [5.41, 5.74) is 5.28. The van der Waals surface area contributed by atoms with Crippen molar-refractivity contribution in [3.05, 3.63) is 70.8 Å². The molecule has 1 unspecified atom stereocenters. The molecule has 1 nitrogen and oxygen atoms in total. The molecule has 0 aliphatic heterocycles. The molecular weight excluding hydrogens is 232 g/mol. The predicted octanol–water partition coefficient (Wildman–Crippen LogP) is 4.62. The van der Waals surface area contributed by atoms with Crippen molar-refractivity contribution < 1.29 is 4.74 Å². The highest BCUT2D eigenvalue weighted by atomic mass is 16.5. The Labute approximate surface area is 116 Å². The smallest absolute Gasteiger partial charge is 0.0865 e. The molecule has 1 atom stereocenters. The van der Waals surface area contributed by atoms with E-state index in [1.165, 1.54) is 22.3 Å². The number of ether oxygens (including phenoxy) is 1. The summed E-state index contributed by atoms with van der Waals surface area (Å²) in [6.07, 6.45) is 1.08. The van der Waals surface area contributed by atoms with E-state index in [0.717, 1.165) is 13.0 Å². The summed E-state index contributed by atoms with van der Waals surface area (Å²) in [5.74, 6) is 0. The topological polar surface area (TPSA) is 9.23 Å². The van der Waals surface area contributed by atoms with Gasteiger partial charge in [-0.1, -0.05) is 48.5 Å². The van der Waals surface area contributed by atoms with E-state index in [9.17, 15) is 0 Å². The molecule has 0 radical (unpaired) electrons. The van der Waals surface area contributed by atoms with Crippen molar-refractivity contribution in [3.8, 4) is 0 Å². The van der Waals surface area contributed by atoms with Gasteiger partial charge in [-0.05, 0) is 43.0 Å². The monoisotopic (exact) mass is 254 g/mol. The Hall–Kier alpha value is -1.60. The molecule has 2 aromatic carbocycles. The average Bonchev–Trinajstić information content (AvgIpc) is 2.43. The number of hydrogen-bond acceptors (Lipinski definition) is 1. The Kier molecular flexibility index (Phi) is 4.75. The van der Waals surface area contributed by atoms with Crippen LogP contribution in [-0.2, 0) is 11.2 Å². The lowest BCUT2D eigenvalue weighted by Gasteiger charge is -2.18. The molecule has 19 heavy (non-hydrogen) atoms. The maximum Gasteiger partial charge on any atom is 0.0865 e. The van der Waals surface area contributed by atoms with Crippen LogP contribution in [-0.4, -0.2) is 6.61 Å². The molecule has 0 fully saturated rings. The third-order valence-corrected chi connectivity index (χ3v) is 3.53. The Morgan fingerprint density at radius 1 is 0.947 bits per heavy atom. The van der Waals surface area contributed by atoms with Crippen LogP contribution in [0, 0.1) is 13.8 Å². The van der Waals surface area contributed by atoms with E-state index in [1.54, 1.807) is 0 Å². The molecule has 0 N–H and O–H groups in total. The van der Waals surface area contributed by atoms with Crippen molar-refractivity contribution in [2.24, 2.45) is 0 Å². The number of benzene rings is 2. The first-order valence-corrected chi connectivity index (χ1v) is 6.93. The van der Waals surface area contributed by atoms with E-state index in [0.29, 0.717) is 0 Å². The fourth-order valence-corrected chi connectivity index (χ4v) is 2.29. The fourth-order valence-electron chi connectivity index (χ4n) is 2.29. The third-order valence-electron chi connectivity index (χ3n) is 3.53. The van der Waals surface area contributed by atoms with E-state index in [4.69, 9.17) is 4.74 Å². The van der Waals surface area contributed by atoms with Gasteiger partial charge < -0.3 is 4.74 Å². The first kappa shape index (κ1) is 13.8. The second-order valence-corrected chi connectivity index (χ2v) is 4.98. The van der Waals surface area contributed by atoms with Crippen LogP contribution in [0.15, 0.2) is 48.5 Å². The van der Waals surface area contributed by atoms with Crippen LogP contribution in [0.1, 0.15) is 35.3 Å². The van der Waals surface area contributed by atoms with Gasteiger partial charge in [-0.2, -0.15) is 0 Å². The highest BCUT2D eigenvalue weighted by molar-refractivity contribution is 5.31. The molecule has 0 aromatic heterocycles. The average molecular weight is 254 g/mol. The molecule has 1 heteroatoms. The van der Waals surface area contributed by atoms with Crippen molar-refractivity contribution in [3.63, 3.8) is 0 Å². The highest BCUT2D eigenvalue weighted by Gasteiger charge is 2.12. The minimum atomic E-state index is 0.147. The van der Waals surface area contributed by atoms with Crippen molar-refractivity contribution >= 4 is 0 Å². The summed E-state index contributed by atoms with van der Waals surface area (Å²) in [4.78, 5) is 0. The number of rotatable bonds is 5. The standard InChI is InChI=1S/C18H22O/c1-4-19-18(17-8-6-5-7-9-17)13-16-11-10-14(2)15(3)12-16/h5-12,18H,4,13H2,1-3H3. The van der Waals surface area contributed by atoms with Crippen LogP contribution < -0.4 is 0 Å².